The van der Waals surface area contributed by atoms with E-state index in [4.69, 9.17) is 0 Å². The van der Waals surface area contributed by atoms with E-state index in [2.05, 4.69) is 24.5 Å². The summed E-state index contributed by atoms with van der Waals surface area (Å²) in [4.78, 5) is 11.9. The molecule has 1 saturated heterocycles. The molecule has 2 fully saturated rings. The summed E-state index contributed by atoms with van der Waals surface area (Å²) < 4.78 is 0. The molecule has 1 heterocycles. The smallest absolute Gasteiger partial charge is 0.220 e. The van der Waals surface area contributed by atoms with Crippen molar-refractivity contribution in [3.63, 3.8) is 0 Å². The zero-order chi connectivity index (χ0) is 12.3. The summed E-state index contributed by atoms with van der Waals surface area (Å²) in [6, 6.07) is 0.943. The zero-order valence-corrected chi connectivity index (χ0v) is 11.2. The molecule has 0 aromatic rings. The number of nitrogens with one attached hydrogen (secondary N) is 2. The molecule has 0 aromatic carbocycles. The van der Waals surface area contributed by atoms with Crippen LogP contribution in [0.5, 0.6) is 0 Å². The highest BCUT2D eigenvalue weighted by molar-refractivity contribution is 5.76. The fourth-order valence-corrected chi connectivity index (χ4v) is 3.32. The van der Waals surface area contributed by atoms with E-state index in [0.717, 1.165) is 31.7 Å². The first-order valence-corrected chi connectivity index (χ1v) is 7.16. The fourth-order valence-electron chi connectivity index (χ4n) is 3.32. The minimum atomic E-state index is 0.281. The number of piperidine rings is 1. The predicted molar refractivity (Wildman–Crippen MR) is 69.8 cm³/mol. The number of hydrogen-bond donors (Lipinski definition) is 2. The van der Waals surface area contributed by atoms with Gasteiger partial charge < -0.3 is 10.6 Å². The summed E-state index contributed by atoms with van der Waals surface area (Å²) >= 11 is 0. The number of carbonyl (C=O) groups excluding carboxylic acids is 1. The van der Waals surface area contributed by atoms with Crippen molar-refractivity contribution >= 4 is 5.91 Å². The van der Waals surface area contributed by atoms with Crippen LogP contribution in [0.3, 0.4) is 0 Å². The van der Waals surface area contributed by atoms with Crippen molar-refractivity contribution in [2.75, 3.05) is 6.54 Å². The quantitative estimate of drug-likeness (QED) is 0.790. The molecule has 3 heteroatoms. The Morgan fingerprint density at radius 2 is 2.06 bits per heavy atom. The van der Waals surface area contributed by atoms with Crippen LogP contribution in [0.2, 0.25) is 0 Å². The van der Waals surface area contributed by atoms with E-state index in [1.807, 2.05) is 0 Å². The first kappa shape index (κ1) is 12.9. The molecule has 1 aliphatic carbocycles. The van der Waals surface area contributed by atoms with E-state index in [-0.39, 0.29) is 5.91 Å². The number of rotatable bonds is 3. The molecule has 0 radical (unpaired) electrons. The lowest BCUT2D eigenvalue weighted by Gasteiger charge is -2.29. The first-order chi connectivity index (χ1) is 8.13. The van der Waals surface area contributed by atoms with Crippen LogP contribution in [0.15, 0.2) is 0 Å². The van der Waals surface area contributed by atoms with Gasteiger partial charge in [-0.1, -0.05) is 13.3 Å². The molecule has 4 unspecified atom stereocenters. The Hall–Kier alpha value is -0.570. The van der Waals surface area contributed by atoms with Crippen molar-refractivity contribution in [2.24, 2.45) is 11.8 Å². The molecule has 2 rings (SSSR count). The van der Waals surface area contributed by atoms with Gasteiger partial charge in [-0.05, 0) is 51.0 Å². The highest BCUT2D eigenvalue weighted by Crippen LogP contribution is 2.32. The van der Waals surface area contributed by atoms with Gasteiger partial charge >= 0.3 is 0 Å². The molecular formula is C14H26N2O. The second-order valence-electron chi connectivity index (χ2n) is 6.13. The molecule has 4 atom stereocenters. The fraction of sp³-hybridized carbons (Fsp3) is 0.929. The van der Waals surface area contributed by atoms with Crippen LogP contribution in [0, 0.1) is 11.8 Å². The molecule has 3 nitrogen and oxygen atoms in total. The van der Waals surface area contributed by atoms with Gasteiger partial charge in [0.1, 0.15) is 0 Å². The minimum absolute atomic E-state index is 0.281. The number of amides is 1. The normalized spacial score (nSPS) is 38.0. The van der Waals surface area contributed by atoms with Crippen LogP contribution in [0.1, 0.15) is 52.4 Å². The summed E-state index contributed by atoms with van der Waals surface area (Å²) in [7, 11) is 0. The monoisotopic (exact) mass is 238 g/mol. The Morgan fingerprint density at radius 3 is 2.71 bits per heavy atom. The maximum atomic E-state index is 11.9. The van der Waals surface area contributed by atoms with E-state index in [1.54, 1.807) is 0 Å². The van der Waals surface area contributed by atoms with Crippen LogP contribution in [-0.2, 0) is 4.79 Å². The van der Waals surface area contributed by atoms with Gasteiger partial charge in [0, 0.05) is 18.5 Å². The van der Waals surface area contributed by atoms with Crippen molar-refractivity contribution in [1.29, 1.82) is 0 Å². The van der Waals surface area contributed by atoms with Crippen molar-refractivity contribution < 1.29 is 4.79 Å². The molecule has 1 aliphatic heterocycles. The topological polar surface area (TPSA) is 41.1 Å². The standard InChI is InChI=1S/C14H26N2O/c1-10-3-4-12(7-10)9-14(17)16-13-5-6-15-11(2)8-13/h10-13,15H,3-9H2,1-2H3,(H,16,17). The SMILES string of the molecule is CC1CCC(CC(=O)NC2CCNC(C)C2)C1. The second kappa shape index (κ2) is 5.85. The summed E-state index contributed by atoms with van der Waals surface area (Å²) in [5.41, 5.74) is 0. The van der Waals surface area contributed by atoms with E-state index in [9.17, 15) is 4.79 Å². The van der Waals surface area contributed by atoms with Gasteiger partial charge in [0.15, 0.2) is 0 Å². The van der Waals surface area contributed by atoms with Gasteiger partial charge in [0.05, 0.1) is 0 Å². The lowest BCUT2D eigenvalue weighted by Crippen LogP contribution is -2.46. The van der Waals surface area contributed by atoms with Gasteiger partial charge in [-0.2, -0.15) is 0 Å². The van der Waals surface area contributed by atoms with Gasteiger partial charge in [-0.15, -0.1) is 0 Å². The molecule has 1 amide bonds. The average molecular weight is 238 g/mol. The average Bonchev–Trinajstić information content (AvgIpc) is 2.63. The van der Waals surface area contributed by atoms with Crippen molar-refractivity contribution in [3.8, 4) is 0 Å². The number of carbonyl (C=O) groups is 1. The Kier molecular flexibility index (Phi) is 4.43. The molecule has 0 bridgehead atoms. The van der Waals surface area contributed by atoms with E-state index >= 15 is 0 Å². The molecule has 2 N–H and O–H groups in total. The van der Waals surface area contributed by atoms with E-state index in [1.165, 1.54) is 19.3 Å². The Labute approximate surface area is 105 Å². The van der Waals surface area contributed by atoms with E-state index < -0.39 is 0 Å². The molecule has 1 saturated carbocycles. The summed E-state index contributed by atoms with van der Waals surface area (Å²) in [5.74, 6) is 1.75. The Balaban J connectivity index is 1.69. The van der Waals surface area contributed by atoms with Gasteiger partial charge in [0.25, 0.3) is 0 Å². The van der Waals surface area contributed by atoms with Gasteiger partial charge in [0.2, 0.25) is 5.91 Å². The van der Waals surface area contributed by atoms with Gasteiger partial charge in [-0.3, -0.25) is 4.79 Å². The molecule has 0 aromatic heterocycles. The van der Waals surface area contributed by atoms with Crippen LogP contribution >= 0.6 is 0 Å². The third-order valence-electron chi connectivity index (χ3n) is 4.27. The maximum Gasteiger partial charge on any atom is 0.220 e. The second-order valence-corrected chi connectivity index (χ2v) is 6.13. The van der Waals surface area contributed by atoms with E-state index in [0.29, 0.717) is 18.0 Å². The predicted octanol–water partition coefficient (Wildman–Crippen LogP) is 2.07. The Bertz CT molecular complexity index is 267. The maximum absolute atomic E-state index is 11.9. The third kappa shape index (κ3) is 3.98. The van der Waals surface area contributed by atoms with Crippen LogP contribution in [0.25, 0.3) is 0 Å². The van der Waals surface area contributed by atoms with Crippen LogP contribution in [-0.4, -0.2) is 24.5 Å². The summed E-state index contributed by atoms with van der Waals surface area (Å²) in [6.07, 6.45) is 6.71. The van der Waals surface area contributed by atoms with Crippen LogP contribution in [0.4, 0.5) is 0 Å². The molecular weight excluding hydrogens is 212 g/mol. The minimum Gasteiger partial charge on any atom is -0.353 e. The summed E-state index contributed by atoms with van der Waals surface area (Å²) in [5, 5.41) is 6.62. The highest BCUT2D eigenvalue weighted by atomic mass is 16.1. The number of hydrogen-bond acceptors (Lipinski definition) is 2. The lowest BCUT2D eigenvalue weighted by molar-refractivity contribution is -0.122. The molecule has 98 valence electrons. The zero-order valence-electron chi connectivity index (χ0n) is 11.2. The van der Waals surface area contributed by atoms with Crippen molar-refractivity contribution in [2.45, 2.75) is 64.5 Å². The third-order valence-corrected chi connectivity index (χ3v) is 4.27. The molecule has 2 aliphatic rings. The van der Waals surface area contributed by atoms with Crippen molar-refractivity contribution in [3.05, 3.63) is 0 Å². The van der Waals surface area contributed by atoms with Crippen LogP contribution < -0.4 is 10.6 Å². The lowest BCUT2D eigenvalue weighted by atomic mass is 9.98. The highest BCUT2D eigenvalue weighted by Gasteiger charge is 2.25. The van der Waals surface area contributed by atoms with Gasteiger partial charge in [-0.25, -0.2) is 0 Å². The first-order valence-electron chi connectivity index (χ1n) is 7.16. The molecule has 17 heavy (non-hydrogen) atoms. The largest absolute Gasteiger partial charge is 0.353 e. The Morgan fingerprint density at radius 1 is 1.24 bits per heavy atom. The molecule has 0 spiro atoms. The summed E-state index contributed by atoms with van der Waals surface area (Å²) in [6.45, 7) is 5.52. The van der Waals surface area contributed by atoms with Crippen molar-refractivity contribution in [1.82, 2.24) is 10.6 Å².